The summed E-state index contributed by atoms with van der Waals surface area (Å²) in [4.78, 5) is 12.0. The zero-order valence-corrected chi connectivity index (χ0v) is 16.8. The summed E-state index contributed by atoms with van der Waals surface area (Å²) in [5, 5.41) is 3.71. The van der Waals surface area contributed by atoms with Crippen LogP contribution >= 0.6 is 15.9 Å². The molecule has 0 radical (unpaired) electrons. The maximum atomic E-state index is 12.0. The van der Waals surface area contributed by atoms with Crippen LogP contribution in [0, 0.1) is 0 Å². The van der Waals surface area contributed by atoms with Crippen LogP contribution in [0.1, 0.15) is 12.5 Å². The van der Waals surface area contributed by atoms with E-state index in [4.69, 9.17) is 9.15 Å². The third-order valence-corrected chi connectivity index (χ3v) is 4.77. The molecular formula is C22H20BrNO3. The van der Waals surface area contributed by atoms with Crippen molar-refractivity contribution in [1.29, 1.82) is 0 Å². The van der Waals surface area contributed by atoms with Crippen LogP contribution < -0.4 is 10.1 Å². The van der Waals surface area contributed by atoms with Crippen molar-refractivity contribution in [1.82, 2.24) is 5.32 Å². The van der Waals surface area contributed by atoms with E-state index >= 15 is 0 Å². The second-order valence-corrected chi connectivity index (χ2v) is 6.98. The molecule has 0 spiro atoms. The number of nitrogens with one attached hydrogen (secondary N) is 1. The number of furan rings is 1. The van der Waals surface area contributed by atoms with Crippen molar-refractivity contribution in [2.45, 2.75) is 6.92 Å². The highest BCUT2D eigenvalue weighted by Crippen LogP contribution is 2.37. The highest BCUT2D eigenvalue weighted by molar-refractivity contribution is 9.10. The number of amides is 1. The molecule has 1 amide bonds. The summed E-state index contributed by atoms with van der Waals surface area (Å²) in [6.07, 6.45) is 4.95. The lowest BCUT2D eigenvalue weighted by Gasteiger charge is -2.10. The van der Waals surface area contributed by atoms with Gasteiger partial charge in [-0.25, -0.2) is 0 Å². The fraction of sp³-hybridized carbons (Fsp3) is 0.136. The van der Waals surface area contributed by atoms with Gasteiger partial charge < -0.3 is 14.5 Å². The molecule has 0 bridgehead atoms. The van der Waals surface area contributed by atoms with E-state index in [0.29, 0.717) is 12.3 Å². The first-order valence-corrected chi connectivity index (χ1v) is 9.25. The number of allylic oxidation sites excluding steroid dienone is 1. The normalized spacial score (nSPS) is 11.4. The van der Waals surface area contributed by atoms with Crippen molar-refractivity contribution in [2.75, 3.05) is 13.7 Å². The van der Waals surface area contributed by atoms with Crippen molar-refractivity contribution in [3.63, 3.8) is 0 Å². The Kier molecular flexibility index (Phi) is 5.81. The SMILES string of the molecule is C=CCNC(=O)/C=C(\C)c1cc2c(-c3ccc(Br)cc3)coc2cc1OC. The number of hydrogen-bond donors (Lipinski definition) is 1. The average Bonchev–Trinajstić information content (AvgIpc) is 3.08. The van der Waals surface area contributed by atoms with Gasteiger partial charge in [0.25, 0.3) is 0 Å². The Morgan fingerprint density at radius 1 is 1.30 bits per heavy atom. The fourth-order valence-corrected chi connectivity index (χ4v) is 3.15. The number of ether oxygens (including phenoxy) is 1. The van der Waals surface area contributed by atoms with Crippen molar-refractivity contribution in [3.05, 3.63) is 71.4 Å². The summed E-state index contributed by atoms with van der Waals surface area (Å²) in [5.74, 6) is 0.486. The largest absolute Gasteiger partial charge is 0.496 e. The smallest absolute Gasteiger partial charge is 0.244 e. The highest BCUT2D eigenvalue weighted by Gasteiger charge is 2.14. The van der Waals surface area contributed by atoms with E-state index in [2.05, 4.69) is 27.8 Å². The van der Waals surface area contributed by atoms with Crippen molar-refractivity contribution in [3.8, 4) is 16.9 Å². The number of carbonyl (C=O) groups excluding carboxylic acids is 1. The van der Waals surface area contributed by atoms with Crippen LogP contribution in [0.5, 0.6) is 5.75 Å². The fourth-order valence-electron chi connectivity index (χ4n) is 2.88. The van der Waals surface area contributed by atoms with E-state index in [0.717, 1.165) is 37.7 Å². The minimum absolute atomic E-state index is 0.171. The second kappa shape index (κ2) is 8.27. The van der Waals surface area contributed by atoms with Crippen LogP contribution in [-0.2, 0) is 4.79 Å². The standard InChI is InChI=1S/C22H20BrNO3/c1-4-9-24-22(25)10-14(2)17-11-18-19(15-5-7-16(23)8-6-15)13-27-21(18)12-20(17)26-3/h4-8,10-13H,1,9H2,2-3H3,(H,24,25)/b14-10+. The van der Waals surface area contributed by atoms with Gasteiger partial charge >= 0.3 is 0 Å². The lowest BCUT2D eigenvalue weighted by Crippen LogP contribution is -2.20. The Morgan fingerprint density at radius 2 is 2.04 bits per heavy atom. The number of halogens is 1. The van der Waals surface area contributed by atoms with Crippen LogP contribution in [0.25, 0.3) is 27.7 Å². The predicted octanol–water partition coefficient (Wildman–Crippen LogP) is 5.58. The third kappa shape index (κ3) is 4.14. The summed E-state index contributed by atoms with van der Waals surface area (Å²) in [6.45, 7) is 5.91. The Hall–Kier alpha value is -2.79. The summed E-state index contributed by atoms with van der Waals surface area (Å²) in [6, 6.07) is 11.9. The van der Waals surface area contributed by atoms with Crippen molar-refractivity contribution in [2.24, 2.45) is 0 Å². The third-order valence-electron chi connectivity index (χ3n) is 4.24. The maximum Gasteiger partial charge on any atom is 0.244 e. The quantitative estimate of drug-likeness (QED) is 0.414. The average molecular weight is 426 g/mol. The molecule has 0 saturated carbocycles. The lowest BCUT2D eigenvalue weighted by molar-refractivity contribution is -0.116. The van der Waals surface area contributed by atoms with Crippen LogP contribution in [-0.4, -0.2) is 19.6 Å². The zero-order valence-electron chi connectivity index (χ0n) is 15.2. The Morgan fingerprint density at radius 3 is 2.70 bits per heavy atom. The molecule has 3 rings (SSSR count). The minimum atomic E-state index is -0.171. The molecule has 0 aliphatic heterocycles. The van der Waals surface area contributed by atoms with E-state index in [-0.39, 0.29) is 5.91 Å². The van der Waals surface area contributed by atoms with Crippen LogP contribution in [0.3, 0.4) is 0 Å². The van der Waals surface area contributed by atoms with Gasteiger partial charge in [0.05, 0.1) is 13.4 Å². The van der Waals surface area contributed by atoms with Gasteiger partial charge in [-0.3, -0.25) is 4.79 Å². The molecule has 0 saturated heterocycles. The highest BCUT2D eigenvalue weighted by atomic mass is 79.9. The molecular weight excluding hydrogens is 406 g/mol. The molecule has 1 N–H and O–H groups in total. The number of carbonyl (C=O) groups is 1. The summed E-state index contributed by atoms with van der Waals surface area (Å²) in [5.41, 5.74) is 4.43. The Labute approximate surface area is 166 Å². The topological polar surface area (TPSA) is 51.5 Å². The first kappa shape index (κ1) is 19.0. The molecule has 0 fully saturated rings. The number of rotatable bonds is 6. The number of fused-ring (bicyclic) bond motifs is 1. The summed E-state index contributed by atoms with van der Waals surface area (Å²) >= 11 is 3.46. The van der Waals surface area contributed by atoms with Crippen LogP contribution in [0.2, 0.25) is 0 Å². The van der Waals surface area contributed by atoms with Gasteiger partial charge in [-0.2, -0.15) is 0 Å². The number of hydrogen-bond acceptors (Lipinski definition) is 3. The molecule has 1 aromatic heterocycles. The molecule has 0 atom stereocenters. The van der Waals surface area contributed by atoms with E-state index in [1.165, 1.54) is 0 Å². The maximum absolute atomic E-state index is 12.0. The van der Waals surface area contributed by atoms with E-state index < -0.39 is 0 Å². The Bertz CT molecular complexity index is 1020. The predicted molar refractivity (Wildman–Crippen MR) is 113 cm³/mol. The molecule has 27 heavy (non-hydrogen) atoms. The van der Waals surface area contributed by atoms with Crippen molar-refractivity contribution >= 4 is 38.4 Å². The number of methoxy groups -OCH3 is 1. The van der Waals surface area contributed by atoms with Gasteiger partial charge in [-0.1, -0.05) is 34.1 Å². The van der Waals surface area contributed by atoms with Crippen LogP contribution in [0.4, 0.5) is 0 Å². The zero-order chi connectivity index (χ0) is 19.4. The molecule has 0 aliphatic rings. The van der Waals surface area contributed by atoms with Crippen LogP contribution in [0.15, 0.2) is 70.3 Å². The van der Waals surface area contributed by atoms with E-state index in [1.807, 2.05) is 43.3 Å². The monoisotopic (exact) mass is 425 g/mol. The first-order valence-electron chi connectivity index (χ1n) is 8.46. The molecule has 4 nitrogen and oxygen atoms in total. The van der Waals surface area contributed by atoms with E-state index in [9.17, 15) is 4.79 Å². The minimum Gasteiger partial charge on any atom is -0.496 e. The second-order valence-electron chi connectivity index (χ2n) is 6.07. The molecule has 1 heterocycles. The van der Waals surface area contributed by atoms with Gasteiger partial charge in [0.2, 0.25) is 5.91 Å². The van der Waals surface area contributed by atoms with E-state index in [1.54, 1.807) is 25.5 Å². The van der Waals surface area contributed by atoms with Gasteiger partial charge in [-0.05, 0) is 36.3 Å². The lowest BCUT2D eigenvalue weighted by atomic mass is 9.99. The molecule has 3 aromatic rings. The van der Waals surface area contributed by atoms with Crippen molar-refractivity contribution < 1.29 is 13.9 Å². The first-order chi connectivity index (χ1) is 13.0. The molecule has 5 heteroatoms. The summed E-state index contributed by atoms with van der Waals surface area (Å²) in [7, 11) is 1.61. The molecule has 0 unspecified atom stereocenters. The van der Waals surface area contributed by atoms with Gasteiger partial charge in [0.1, 0.15) is 11.3 Å². The Balaban J connectivity index is 2.08. The van der Waals surface area contributed by atoms with Gasteiger partial charge in [-0.15, -0.1) is 6.58 Å². The van der Waals surface area contributed by atoms with Gasteiger partial charge in [0.15, 0.2) is 0 Å². The molecule has 2 aromatic carbocycles. The molecule has 0 aliphatic carbocycles. The molecule has 138 valence electrons. The van der Waals surface area contributed by atoms with Gasteiger partial charge in [0, 0.05) is 39.7 Å². The summed E-state index contributed by atoms with van der Waals surface area (Å²) < 4.78 is 12.3. The number of benzene rings is 2.